The van der Waals surface area contributed by atoms with Crippen molar-refractivity contribution in [2.24, 2.45) is 0 Å². The smallest absolute Gasteiger partial charge is 0.181 e. The number of H-pyrrole nitrogens is 2. The summed E-state index contributed by atoms with van der Waals surface area (Å²) >= 11 is 0. The van der Waals surface area contributed by atoms with E-state index in [0.29, 0.717) is 17.1 Å². The van der Waals surface area contributed by atoms with Crippen LogP contribution in [0.3, 0.4) is 0 Å². The number of hydrogen-bond acceptors (Lipinski definition) is 6. The number of benzene rings is 1. The van der Waals surface area contributed by atoms with E-state index in [4.69, 9.17) is 4.98 Å². The van der Waals surface area contributed by atoms with Gasteiger partial charge in [0.2, 0.25) is 0 Å². The Labute approximate surface area is 224 Å². The van der Waals surface area contributed by atoms with Crippen LogP contribution in [0.5, 0.6) is 0 Å². The minimum Gasteiger partial charge on any atom is -0.335 e. The first kappa shape index (κ1) is 23.6. The lowest BCUT2D eigenvalue weighted by Crippen LogP contribution is -2.29. The zero-order valence-electron chi connectivity index (χ0n) is 21.6. The molecular weight excluding hydrogens is 491 g/mol. The molecule has 0 spiro atoms. The Bertz CT molecular complexity index is 1800. The molecular formula is C30H27FN8. The molecule has 0 unspecified atom stereocenters. The van der Waals surface area contributed by atoms with E-state index in [1.165, 1.54) is 37.0 Å². The first-order valence-corrected chi connectivity index (χ1v) is 13.2. The Balaban J connectivity index is 1.26. The predicted molar refractivity (Wildman–Crippen MR) is 149 cm³/mol. The molecule has 1 fully saturated rings. The summed E-state index contributed by atoms with van der Waals surface area (Å²) in [4.78, 5) is 24.2. The molecule has 7 rings (SSSR count). The molecule has 6 aromatic rings. The zero-order valence-corrected chi connectivity index (χ0v) is 21.6. The number of aryl methyl sites for hydroxylation is 1. The average molecular weight is 519 g/mol. The van der Waals surface area contributed by atoms with Crippen LogP contribution in [0.25, 0.3) is 56.0 Å². The molecule has 0 saturated carbocycles. The van der Waals surface area contributed by atoms with E-state index in [1.54, 1.807) is 6.20 Å². The number of hydrogen-bond donors (Lipinski definition) is 2. The summed E-state index contributed by atoms with van der Waals surface area (Å²) in [6, 6.07) is 11.1. The number of nitrogens with zero attached hydrogens (tertiary/aromatic N) is 6. The highest BCUT2D eigenvalue weighted by Crippen LogP contribution is 2.32. The summed E-state index contributed by atoms with van der Waals surface area (Å²) < 4.78 is 14.2. The summed E-state index contributed by atoms with van der Waals surface area (Å²) in [5, 5.41) is 8.35. The van der Waals surface area contributed by atoms with Gasteiger partial charge in [0.25, 0.3) is 0 Å². The van der Waals surface area contributed by atoms with E-state index < -0.39 is 0 Å². The molecule has 0 aliphatic carbocycles. The van der Waals surface area contributed by atoms with Gasteiger partial charge in [0.05, 0.1) is 10.9 Å². The number of imidazole rings is 1. The maximum absolute atomic E-state index is 14.2. The Kier molecular flexibility index (Phi) is 5.85. The Hall–Kier alpha value is -4.50. The van der Waals surface area contributed by atoms with Crippen LogP contribution in [-0.2, 0) is 6.54 Å². The molecule has 1 aliphatic heterocycles. The highest BCUT2D eigenvalue weighted by atomic mass is 19.1. The molecule has 8 nitrogen and oxygen atoms in total. The van der Waals surface area contributed by atoms with Crippen LogP contribution in [0.15, 0.2) is 61.2 Å². The molecule has 1 aromatic carbocycles. The minimum atomic E-state index is -0.276. The van der Waals surface area contributed by atoms with E-state index >= 15 is 0 Å². The number of fused-ring (bicyclic) bond motifs is 2. The molecule has 5 aromatic heterocycles. The van der Waals surface area contributed by atoms with Crippen LogP contribution < -0.4 is 0 Å². The summed E-state index contributed by atoms with van der Waals surface area (Å²) in [5.74, 6) is 0.318. The van der Waals surface area contributed by atoms with Gasteiger partial charge >= 0.3 is 0 Å². The van der Waals surface area contributed by atoms with Crippen molar-refractivity contribution in [2.75, 3.05) is 13.1 Å². The van der Waals surface area contributed by atoms with Crippen molar-refractivity contribution in [3.05, 3.63) is 78.1 Å². The van der Waals surface area contributed by atoms with E-state index in [-0.39, 0.29) is 5.82 Å². The average Bonchev–Trinajstić information content (AvgIpc) is 3.57. The second-order valence-electron chi connectivity index (χ2n) is 10.3. The summed E-state index contributed by atoms with van der Waals surface area (Å²) in [6.07, 6.45) is 11.2. The molecule has 0 radical (unpaired) electrons. The topological polar surface area (TPSA) is 99.3 Å². The standard InChI is InChI=1S/C30H27FN8/c1-18-9-20(12-23(31)10-18)24-5-6-33-29-26(24)35-30(36-29)27-25-13-22(16-34-28(25)38-37-27)21-11-19(14-32-15-21)17-39-7-3-2-4-8-39/h5-6,9-16H,2-4,7-8,17H2,1H3,(H,33,35,36)(H,34,37,38). The zero-order chi connectivity index (χ0) is 26.3. The van der Waals surface area contributed by atoms with Crippen LogP contribution in [-0.4, -0.2) is 53.1 Å². The van der Waals surface area contributed by atoms with E-state index in [9.17, 15) is 4.39 Å². The predicted octanol–water partition coefficient (Wildman–Crippen LogP) is 6.06. The van der Waals surface area contributed by atoms with Crippen molar-refractivity contribution in [1.29, 1.82) is 0 Å². The molecule has 0 bridgehead atoms. The highest BCUT2D eigenvalue weighted by molar-refractivity contribution is 5.96. The molecule has 1 saturated heterocycles. The number of aromatic amines is 2. The lowest BCUT2D eigenvalue weighted by Gasteiger charge is -2.26. The third-order valence-corrected chi connectivity index (χ3v) is 7.37. The number of piperidine rings is 1. The highest BCUT2D eigenvalue weighted by Gasteiger charge is 2.17. The third kappa shape index (κ3) is 4.55. The number of pyridine rings is 3. The van der Waals surface area contributed by atoms with Gasteiger partial charge in [0, 0.05) is 48.0 Å². The van der Waals surface area contributed by atoms with Crippen molar-refractivity contribution in [3.63, 3.8) is 0 Å². The Morgan fingerprint density at radius 2 is 1.77 bits per heavy atom. The van der Waals surface area contributed by atoms with Crippen molar-refractivity contribution >= 4 is 22.2 Å². The van der Waals surface area contributed by atoms with Gasteiger partial charge in [-0.1, -0.05) is 12.5 Å². The van der Waals surface area contributed by atoms with Crippen molar-refractivity contribution in [3.8, 4) is 33.8 Å². The number of likely N-dealkylation sites (tertiary alicyclic amines) is 1. The van der Waals surface area contributed by atoms with Crippen molar-refractivity contribution < 1.29 is 4.39 Å². The second kappa shape index (κ2) is 9.67. The van der Waals surface area contributed by atoms with Crippen LogP contribution in [0.1, 0.15) is 30.4 Å². The maximum Gasteiger partial charge on any atom is 0.181 e. The summed E-state index contributed by atoms with van der Waals surface area (Å²) in [6.45, 7) is 5.07. The Morgan fingerprint density at radius 3 is 2.64 bits per heavy atom. The van der Waals surface area contributed by atoms with E-state index in [1.807, 2.05) is 37.6 Å². The van der Waals surface area contributed by atoms with Gasteiger partial charge in [-0.3, -0.25) is 15.0 Å². The summed E-state index contributed by atoms with van der Waals surface area (Å²) in [7, 11) is 0. The van der Waals surface area contributed by atoms with Gasteiger partial charge in [0.15, 0.2) is 17.1 Å². The lowest BCUT2D eigenvalue weighted by molar-refractivity contribution is 0.220. The molecule has 194 valence electrons. The molecule has 0 amide bonds. The quantitative estimate of drug-likeness (QED) is 0.288. The second-order valence-corrected chi connectivity index (χ2v) is 10.3. The fourth-order valence-corrected chi connectivity index (χ4v) is 5.51. The van der Waals surface area contributed by atoms with Crippen LogP contribution >= 0.6 is 0 Å². The number of rotatable bonds is 5. The van der Waals surface area contributed by atoms with Crippen LogP contribution in [0.4, 0.5) is 4.39 Å². The monoisotopic (exact) mass is 518 g/mol. The molecule has 9 heteroatoms. The first-order valence-electron chi connectivity index (χ1n) is 13.2. The summed E-state index contributed by atoms with van der Waals surface area (Å²) in [5.41, 5.74) is 8.23. The minimum absolute atomic E-state index is 0.276. The Morgan fingerprint density at radius 1 is 0.897 bits per heavy atom. The van der Waals surface area contributed by atoms with Gasteiger partial charge < -0.3 is 4.98 Å². The molecule has 6 heterocycles. The molecule has 0 atom stereocenters. The SMILES string of the molecule is Cc1cc(F)cc(-c2ccnc3nc(-c4[nH]nc5ncc(-c6cncc(CN7CCCCC7)c6)cc45)[nH]c23)c1. The first-order chi connectivity index (χ1) is 19.1. The van der Waals surface area contributed by atoms with E-state index in [2.05, 4.69) is 47.2 Å². The fourth-order valence-electron chi connectivity index (χ4n) is 5.51. The normalized spacial score (nSPS) is 14.4. The van der Waals surface area contributed by atoms with Gasteiger partial charge in [-0.05, 0) is 79.9 Å². The molecule has 1 aliphatic rings. The van der Waals surface area contributed by atoms with E-state index in [0.717, 1.165) is 64.0 Å². The third-order valence-electron chi connectivity index (χ3n) is 7.37. The van der Waals surface area contributed by atoms with Gasteiger partial charge in [0.1, 0.15) is 11.5 Å². The van der Waals surface area contributed by atoms with Crippen LogP contribution in [0, 0.1) is 12.7 Å². The number of nitrogens with one attached hydrogen (secondary N) is 2. The van der Waals surface area contributed by atoms with Gasteiger partial charge in [-0.25, -0.2) is 19.3 Å². The fraction of sp³-hybridized carbons (Fsp3) is 0.233. The maximum atomic E-state index is 14.2. The van der Waals surface area contributed by atoms with Crippen molar-refractivity contribution in [2.45, 2.75) is 32.7 Å². The van der Waals surface area contributed by atoms with Gasteiger partial charge in [-0.15, -0.1) is 0 Å². The molecule has 39 heavy (non-hydrogen) atoms. The lowest BCUT2D eigenvalue weighted by atomic mass is 10.0. The van der Waals surface area contributed by atoms with Crippen molar-refractivity contribution in [1.82, 2.24) is 40.0 Å². The molecule has 2 N–H and O–H groups in total. The largest absolute Gasteiger partial charge is 0.335 e. The van der Waals surface area contributed by atoms with Crippen LogP contribution in [0.2, 0.25) is 0 Å². The number of halogens is 1. The van der Waals surface area contributed by atoms with Gasteiger partial charge in [-0.2, -0.15) is 5.10 Å². The number of aromatic nitrogens is 7.